The van der Waals surface area contributed by atoms with Crippen LogP contribution in [0.25, 0.3) is 33.4 Å². The average Bonchev–Trinajstić information content (AvgIpc) is 3.30. The van der Waals surface area contributed by atoms with E-state index in [1.165, 1.54) is 24.7 Å². The van der Waals surface area contributed by atoms with Crippen molar-refractivity contribution in [2.24, 2.45) is 0 Å². The van der Waals surface area contributed by atoms with Crippen LogP contribution in [0.5, 0.6) is 11.5 Å². The first-order valence-electron chi connectivity index (χ1n) is 9.29. The summed E-state index contributed by atoms with van der Waals surface area (Å²) in [6.45, 7) is 3.07. The lowest BCUT2D eigenvalue weighted by molar-refractivity contribution is 0.0757. The van der Waals surface area contributed by atoms with Crippen LogP contribution in [0.1, 0.15) is 19.4 Å². The summed E-state index contributed by atoms with van der Waals surface area (Å²) in [7, 11) is 0. The van der Waals surface area contributed by atoms with Gasteiger partial charge in [-0.2, -0.15) is 0 Å². The van der Waals surface area contributed by atoms with Crippen molar-refractivity contribution in [3.63, 3.8) is 0 Å². The summed E-state index contributed by atoms with van der Waals surface area (Å²) in [5, 5.41) is 50.2. The van der Waals surface area contributed by atoms with Gasteiger partial charge in [0.25, 0.3) is 0 Å². The van der Waals surface area contributed by atoms with Crippen LogP contribution in [-0.2, 0) is 5.60 Å². The third-order valence-electron chi connectivity index (χ3n) is 4.88. The molecule has 2 heterocycles. The summed E-state index contributed by atoms with van der Waals surface area (Å²) >= 11 is 0. The number of hydrogen-bond donors (Lipinski definition) is 3. The second-order valence-corrected chi connectivity index (χ2v) is 7.50. The minimum atomic E-state index is -1.42. The summed E-state index contributed by atoms with van der Waals surface area (Å²) in [6.07, 6.45) is 0. The summed E-state index contributed by atoms with van der Waals surface area (Å²) in [5.74, 6) is -0.651. The van der Waals surface area contributed by atoms with E-state index in [0.717, 1.165) is 4.80 Å². The maximum atomic E-state index is 11.1. The first kappa shape index (κ1) is 18.1. The van der Waals surface area contributed by atoms with E-state index in [2.05, 4.69) is 20.4 Å². The van der Waals surface area contributed by atoms with Crippen LogP contribution in [0, 0.1) is 0 Å². The van der Waals surface area contributed by atoms with E-state index >= 15 is 0 Å². The summed E-state index contributed by atoms with van der Waals surface area (Å²) in [6, 6.07) is 15.9. The van der Waals surface area contributed by atoms with E-state index in [9.17, 15) is 15.3 Å². The minimum Gasteiger partial charge on any atom is -0.505 e. The molecule has 0 radical (unpaired) electrons. The molecule has 9 nitrogen and oxygen atoms in total. The molecule has 5 rings (SSSR count). The maximum Gasteiger partial charge on any atom is 0.174 e. The number of rotatable bonds is 3. The monoisotopic (exact) mass is 402 g/mol. The Kier molecular flexibility index (Phi) is 3.77. The molecule has 0 aliphatic heterocycles. The Morgan fingerprint density at radius 1 is 0.700 bits per heavy atom. The lowest BCUT2D eigenvalue weighted by Gasteiger charge is -2.22. The van der Waals surface area contributed by atoms with E-state index in [1.807, 2.05) is 24.3 Å². The molecular formula is C21H18N6O3. The van der Waals surface area contributed by atoms with E-state index in [0.29, 0.717) is 22.1 Å². The zero-order valence-electron chi connectivity index (χ0n) is 16.2. The van der Waals surface area contributed by atoms with Gasteiger partial charge in [-0.1, -0.05) is 24.3 Å². The summed E-state index contributed by atoms with van der Waals surface area (Å²) < 4.78 is 0. The fourth-order valence-corrected chi connectivity index (χ4v) is 3.37. The SMILES string of the molecule is CC(C)(O)c1cc(-n2nc3ccccc3n2)c(O)c(-n2nc3ccccc3n2)c1O. The molecule has 0 bridgehead atoms. The largest absolute Gasteiger partial charge is 0.505 e. The van der Waals surface area contributed by atoms with E-state index < -0.39 is 5.60 Å². The van der Waals surface area contributed by atoms with Gasteiger partial charge in [-0.05, 0) is 44.2 Å². The Morgan fingerprint density at radius 2 is 1.13 bits per heavy atom. The van der Waals surface area contributed by atoms with Crippen molar-refractivity contribution in [3.05, 3.63) is 60.2 Å². The van der Waals surface area contributed by atoms with Crippen molar-refractivity contribution in [1.82, 2.24) is 30.0 Å². The normalized spacial score (nSPS) is 12.1. The zero-order chi connectivity index (χ0) is 21.0. The van der Waals surface area contributed by atoms with Crippen LogP contribution in [0.3, 0.4) is 0 Å². The lowest BCUT2D eigenvalue weighted by Crippen LogP contribution is -2.18. The van der Waals surface area contributed by atoms with Crippen LogP contribution >= 0.6 is 0 Å². The highest BCUT2D eigenvalue weighted by atomic mass is 16.3. The van der Waals surface area contributed by atoms with Gasteiger partial charge in [-0.15, -0.1) is 30.0 Å². The molecule has 0 unspecified atom stereocenters. The molecule has 9 heteroatoms. The average molecular weight is 402 g/mol. The Balaban J connectivity index is 1.82. The number of nitrogens with zero attached hydrogens (tertiary/aromatic N) is 6. The molecule has 0 amide bonds. The maximum absolute atomic E-state index is 11.1. The van der Waals surface area contributed by atoms with Crippen LogP contribution < -0.4 is 0 Å². The van der Waals surface area contributed by atoms with Gasteiger partial charge in [0.05, 0.1) is 5.60 Å². The molecule has 0 saturated carbocycles. The van der Waals surface area contributed by atoms with Crippen molar-refractivity contribution >= 4 is 22.1 Å². The number of aliphatic hydroxyl groups is 1. The summed E-state index contributed by atoms with van der Waals surface area (Å²) in [4.78, 5) is 2.42. The molecule has 0 atom stereocenters. The topological polar surface area (TPSA) is 122 Å². The highest BCUT2D eigenvalue weighted by Gasteiger charge is 2.29. The standard InChI is InChI=1S/C21H18N6O3/c1-21(2,30)12-11-17(26-22-13-7-3-4-8-14(13)23-26)20(29)18(19(12)28)27-24-15-9-5-6-10-16(15)25-27/h3-11,28-30H,1-2H3. The number of aromatic nitrogens is 6. The Labute approximate surface area is 170 Å². The Morgan fingerprint density at radius 3 is 1.57 bits per heavy atom. The minimum absolute atomic E-state index is 0.0674. The third-order valence-corrected chi connectivity index (χ3v) is 4.88. The van der Waals surface area contributed by atoms with Crippen LogP contribution in [-0.4, -0.2) is 45.3 Å². The number of phenolic OH excluding ortho intramolecular Hbond substituents is 2. The van der Waals surface area contributed by atoms with Crippen molar-refractivity contribution in [2.75, 3.05) is 0 Å². The van der Waals surface area contributed by atoms with Crippen molar-refractivity contribution in [2.45, 2.75) is 19.4 Å². The van der Waals surface area contributed by atoms with Gasteiger partial charge in [-0.25, -0.2) is 0 Å². The number of benzene rings is 3. The molecule has 5 aromatic rings. The number of phenols is 2. The van der Waals surface area contributed by atoms with Gasteiger partial charge in [0, 0.05) is 5.56 Å². The Bertz CT molecular complexity index is 1350. The first-order valence-corrected chi connectivity index (χ1v) is 9.29. The van der Waals surface area contributed by atoms with Crippen molar-refractivity contribution < 1.29 is 15.3 Å². The molecule has 0 aliphatic carbocycles. The molecule has 150 valence electrons. The number of fused-ring (bicyclic) bond motifs is 2. The van der Waals surface area contributed by atoms with E-state index in [-0.39, 0.29) is 28.4 Å². The molecule has 3 N–H and O–H groups in total. The van der Waals surface area contributed by atoms with Crippen LogP contribution in [0.4, 0.5) is 0 Å². The first-order chi connectivity index (χ1) is 14.3. The fraction of sp³-hybridized carbons (Fsp3) is 0.143. The van der Waals surface area contributed by atoms with E-state index in [1.54, 1.807) is 24.3 Å². The Hall–Kier alpha value is -3.98. The highest BCUT2D eigenvalue weighted by Crippen LogP contribution is 2.42. The predicted molar refractivity (Wildman–Crippen MR) is 110 cm³/mol. The van der Waals surface area contributed by atoms with Crippen molar-refractivity contribution in [1.29, 1.82) is 0 Å². The van der Waals surface area contributed by atoms with E-state index in [4.69, 9.17) is 0 Å². The number of aromatic hydroxyl groups is 2. The predicted octanol–water partition coefficient (Wildman–Crippen LogP) is 2.79. The number of hydrogen-bond acceptors (Lipinski definition) is 7. The van der Waals surface area contributed by atoms with Crippen molar-refractivity contribution in [3.8, 4) is 22.9 Å². The van der Waals surface area contributed by atoms with Gasteiger partial charge < -0.3 is 15.3 Å². The lowest BCUT2D eigenvalue weighted by atomic mass is 9.95. The molecule has 0 fully saturated rings. The molecule has 3 aromatic carbocycles. The molecule has 0 aliphatic rings. The third kappa shape index (κ3) is 2.75. The molecule has 0 saturated heterocycles. The van der Waals surface area contributed by atoms with Crippen LogP contribution in [0.15, 0.2) is 54.6 Å². The molecule has 30 heavy (non-hydrogen) atoms. The molecule has 2 aromatic heterocycles. The quantitative estimate of drug-likeness (QED) is 0.424. The summed E-state index contributed by atoms with van der Waals surface area (Å²) in [5.41, 5.74) is 1.33. The van der Waals surface area contributed by atoms with Gasteiger partial charge in [0.1, 0.15) is 27.8 Å². The molecular weight excluding hydrogens is 384 g/mol. The highest BCUT2D eigenvalue weighted by molar-refractivity contribution is 5.76. The second kappa shape index (κ2) is 6.26. The molecule has 0 spiro atoms. The van der Waals surface area contributed by atoms with Gasteiger partial charge in [0.15, 0.2) is 17.2 Å². The van der Waals surface area contributed by atoms with Crippen LogP contribution in [0.2, 0.25) is 0 Å². The smallest absolute Gasteiger partial charge is 0.174 e. The second-order valence-electron chi connectivity index (χ2n) is 7.50. The van der Waals surface area contributed by atoms with Gasteiger partial charge >= 0.3 is 0 Å². The van der Waals surface area contributed by atoms with Gasteiger partial charge in [0.2, 0.25) is 0 Å². The fourth-order valence-electron chi connectivity index (χ4n) is 3.37. The zero-order valence-corrected chi connectivity index (χ0v) is 16.2. The van der Waals surface area contributed by atoms with Gasteiger partial charge in [-0.3, -0.25) is 0 Å².